The number of aldehydes is 2. The van der Waals surface area contributed by atoms with Crippen molar-refractivity contribution in [1.29, 1.82) is 5.26 Å². The van der Waals surface area contributed by atoms with E-state index >= 15 is 0 Å². The number of methoxy groups -OCH3 is 2. The second kappa shape index (κ2) is 10.2. The molecule has 4 aromatic rings. The van der Waals surface area contributed by atoms with Crippen molar-refractivity contribution in [3.05, 3.63) is 82.5 Å². The van der Waals surface area contributed by atoms with Gasteiger partial charge in [0.2, 0.25) is 5.88 Å². The molecule has 0 spiro atoms. The number of pyridine rings is 2. The van der Waals surface area contributed by atoms with Gasteiger partial charge in [-0.05, 0) is 30.3 Å². The van der Waals surface area contributed by atoms with Gasteiger partial charge < -0.3 is 9.47 Å². The lowest BCUT2D eigenvalue weighted by molar-refractivity contribution is 0.111. The van der Waals surface area contributed by atoms with Gasteiger partial charge in [-0.25, -0.2) is 4.98 Å². The predicted octanol–water partition coefficient (Wildman–Crippen LogP) is 5.64. The maximum Gasteiger partial charge on any atom is 0.224 e. The summed E-state index contributed by atoms with van der Waals surface area (Å²) in [7, 11) is 2.91. The summed E-state index contributed by atoms with van der Waals surface area (Å²) in [6, 6.07) is 17.7. The molecule has 0 aliphatic carbocycles. The largest absolute Gasteiger partial charge is 0.496 e. The second-order valence-electron chi connectivity index (χ2n) is 7.35. The fourth-order valence-electron chi connectivity index (χ4n) is 3.77. The van der Waals surface area contributed by atoms with Gasteiger partial charge in [0.05, 0.1) is 47.3 Å². The lowest BCUT2D eigenvalue weighted by Crippen LogP contribution is -1.98. The Morgan fingerprint density at radius 2 is 1.66 bits per heavy atom. The second-order valence-corrected chi connectivity index (χ2v) is 7.73. The predicted molar refractivity (Wildman–Crippen MR) is 132 cm³/mol. The fraction of sp³-hybridized carbons (Fsp3) is 0.0741. The number of hydrogen-bond acceptors (Lipinski definition) is 7. The minimum atomic E-state index is 0.170. The third-order valence-corrected chi connectivity index (χ3v) is 5.86. The minimum absolute atomic E-state index is 0.170. The van der Waals surface area contributed by atoms with E-state index in [9.17, 15) is 14.9 Å². The molecule has 0 saturated carbocycles. The zero-order valence-electron chi connectivity index (χ0n) is 18.8. The molecule has 0 bridgehead atoms. The Hall–Kier alpha value is -4.54. The maximum atomic E-state index is 11.3. The molecule has 2 aromatic carbocycles. The van der Waals surface area contributed by atoms with Gasteiger partial charge >= 0.3 is 0 Å². The van der Waals surface area contributed by atoms with Crippen LogP contribution in [0, 0.1) is 11.3 Å². The van der Waals surface area contributed by atoms with E-state index in [-0.39, 0.29) is 5.88 Å². The highest BCUT2D eigenvalue weighted by Crippen LogP contribution is 2.39. The summed E-state index contributed by atoms with van der Waals surface area (Å²) in [6.07, 6.45) is 2.97. The summed E-state index contributed by atoms with van der Waals surface area (Å²) < 4.78 is 10.5. The van der Waals surface area contributed by atoms with Crippen LogP contribution in [0.5, 0.6) is 11.6 Å². The average molecular weight is 484 g/mol. The molecule has 35 heavy (non-hydrogen) atoms. The van der Waals surface area contributed by atoms with Crippen molar-refractivity contribution in [2.24, 2.45) is 0 Å². The SMILES string of the molecule is COc1cc(-c2nccc(-c3cccc(-c4ccc(C=O)c(OC)n4)c3C#N)c2Cl)ccc1C=O. The molecular formula is C27H18ClN3O4. The number of halogens is 1. The molecule has 0 N–H and O–H groups in total. The molecule has 0 fully saturated rings. The molecular weight excluding hydrogens is 466 g/mol. The van der Waals surface area contributed by atoms with Crippen molar-refractivity contribution in [1.82, 2.24) is 9.97 Å². The van der Waals surface area contributed by atoms with Gasteiger partial charge in [0.1, 0.15) is 11.8 Å². The maximum absolute atomic E-state index is 11.3. The molecule has 8 heteroatoms. The van der Waals surface area contributed by atoms with E-state index in [0.29, 0.717) is 73.7 Å². The minimum Gasteiger partial charge on any atom is -0.496 e. The van der Waals surface area contributed by atoms with E-state index < -0.39 is 0 Å². The van der Waals surface area contributed by atoms with Gasteiger partial charge in [-0.2, -0.15) is 5.26 Å². The Bertz CT molecular complexity index is 1490. The number of rotatable bonds is 7. The van der Waals surface area contributed by atoms with Gasteiger partial charge in [0, 0.05) is 28.5 Å². The van der Waals surface area contributed by atoms with Crippen molar-refractivity contribution < 1.29 is 19.1 Å². The molecule has 2 heterocycles. The molecule has 0 saturated heterocycles. The standard InChI is InChI=1S/C27H18ClN3O4/c1-34-24-12-16(6-7-17(24)14-32)26-25(28)21(10-11-30-26)19-4-3-5-20(22(19)13-29)23-9-8-18(15-33)27(31-23)35-2/h3-12,14-15H,1-2H3. The van der Waals surface area contributed by atoms with Crippen LogP contribution < -0.4 is 9.47 Å². The van der Waals surface area contributed by atoms with E-state index in [4.69, 9.17) is 21.1 Å². The van der Waals surface area contributed by atoms with Crippen LogP contribution in [0.25, 0.3) is 33.6 Å². The van der Waals surface area contributed by atoms with Crippen LogP contribution in [0.2, 0.25) is 5.02 Å². The molecule has 7 nitrogen and oxygen atoms in total. The van der Waals surface area contributed by atoms with Crippen LogP contribution in [0.4, 0.5) is 0 Å². The number of nitriles is 1. The van der Waals surface area contributed by atoms with E-state index in [0.717, 1.165) is 0 Å². The average Bonchev–Trinajstić information content (AvgIpc) is 2.91. The van der Waals surface area contributed by atoms with Crippen molar-refractivity contribution in [2.45, 2.75) is 0 Å². The number of carbonyl (C=O) groups is 2. The highest BCUT2D eigenvalue weighted by Gasteiger charge is 2.19. The summed E-state index contributed by atoms with van der Waals surface area (Å²) in [4.78, 5) is 31.3. The van der Waals surface area contributed by atoms with Crippen molar-refractivity contribution in [3.63, 3.8) is 0 Å². The normalized spacial score (nSPS) is 10.3. The molecule has 0 unspecified atom stereocenters. The molecule has 0 radical (unpaired) electrons. The molecule has 4 rings (SSSR count). The summed E-state index contributed by atoms with van der Waals surface area (Å²) in [6.45, 7) is 0. The monoisotopic (exact) mass is 483 g/mol. The Kier molecular flexibility index (Phi) is 6.86. The van der Waals surface area contributed by atoms with E-state index in [1.807, 2.05) is 0 Å². The molecule has 0 aliphatic rings. The number of carbonyl (C=O) groups excluding carboxylic acids is 2. The van der Waals surface area contributed by atoms with Gasteiger partial charge in [0.15, 0.2) is 12.6 Å². The van der Waals surface area contributed by atoms with Gasteiger partial charge in [-0.3, -0.25) is 14.6 Å². The van der Waals surface area contributed by atoms with Crippen LogP contribution in [0.15, 0.2) is 60.8 Å². The number of benzene rings is 2. The number of ether oxygens (including phenoxy) is 2. The molecule has 172 valence electrons. The third-order valence-electron chi connectivity index (χ3n) is 5.48. The first kappa shape index (κ1) is 23.6. The van der Waals surface area contributed by atoms with Crippen LogP contribution in [-0.2, 0) is 0 Å². The quantitative estimate of drug-likeness (QED) is 0.313. The summed E-state index contributed by atoms with van der Waals surface area (Å²) in [5, 5.41) is 10.4. The van der Waals surface area contributed by atoms with Crippen LogP contribution >= 0.6 is 11.6 Å². The summed E-state index contributed by atoms with van der Waals surface area (Å²) in [5.41, 5.74) is 4.44. The lowest BCUT2D eigenvalue weighted by Gasteiger charge is -2.14. The third kappa shape index (κ3) is 4.35. The Labute approximate surface area is 206 Å². The fourth-order valence-corrected chi connectivity index (χ4v) is 4.10. The molecule has 0 atom stereocenters. The lowest BCUT2D eigenvalue weighted by atomic mass is 9.93. The number of hydrogen-bond donors (Lipinski definition) is 0. The van der Waals surface area contributed by atoms with Gasteiger partial charge in [-0.15, -0.1) is 0 Å². The number of nitrogens with zero attached hydrogens (tertiary/aromatic N) is 3. The Balaban J connectivity index is 1.88. The molecule has 0 aliphatic heterocycles. The first-order valence-corrected chi connectivity index (χ1v) is 10.8. The van der Waals surface area contributed by atoms with Crippen molar-refractivity contribution in [3.8, 4) is 51.3 Å². The Morgan fingerprint density at radius 3 is 2.34 bits per heavy atom. The first-order chi connectivity index (χ1) is 17.1. The highest BCUT2D eigenvalue weighted by molar-refractivity contribution is 6.35. The van der Waals surface area contributed by atoms with E-state index in [2.05, 4.69) is 16.0 Å². The highest BCUT2D eigenvalue weighted by atomic mass is 35.5. The topological polar surface area (TPSA) is 102 Å². The summed E-state index contributed by atoms with van der Waals surface area (Å²) in [5.74, 6) is 0.572. The Morgan fingerprint density at radius 1 is 0.914 bits per heavy atom. The smallest absolute Gasteiger partial charge is 0.224 e. The summed E-state index contributed by atoms with van der Waals surface area (Å²) >= 11 is 6.80. The van der Waals surface area contributed by atoms with Crippen molar-refractivity contribution >= 4 is 24.2 Å². The zero-order chi connectivity index (χ0) is 24.9. The molecule has 0 amide bonds. The van der Waals surface area contributed by atoms with Crippen LogP contribution in [-0.4, -0.2) is 36.8 Å². The van der Waals surface area contributed by atoms with E-state index in [1.54, 1.807) is 60.8 Å². The number of aromatic nitrogens is 2. The van der Waals surface area contributed by atoms with Crippen molar-refractivity contribution in [2.75, 3.05) is 14.2 Å². The first-order valence-electron chi connectivity index (χ1n) is 10.4. The van der Waals surface area contributed by atoms with Crippen LogP contribution in [0.1, 0.15) is 26.3 Å². The zero-order valence-corrected chi connectivity index (χ0v) is 19.5. The van der Waals surface area contributed by atoms with E-state index in [1.165, 1.54) is 14.2 Å². The van der Waals surface area contributed by atoms with Crippen LogP contribution in [0.3, 0.4) is 0 Å². The van der Waals surface area contributed by atoms with Gasteiger partial charge in [-0.1, -0.05) is 35.9 Å². The van der Waals surface area contributed by atoms with Gasteiger partial charge in [0.25, 0.3) is 0 Å². The molecule has 2 aromatic heterocycles.